The Kier molecular flexibility index (Phi) is 5.96. The van der Waals surface area contributed by atoms with Crippen LogP contribution >= 0.6 is 15.9 Å². The molecule has 1 aromatic carbocycles. The molecule has 2 nitrogen and oxygen atoms in total. The third kappa shape index (κ3) is 4.38. The highest BCUT2D eigenvalue weighted by Crippen LogP contribution is 2.41. The van der Waals surface area contributed by atoms with Crippen molar-refractivity contribution in [3.8, 4) is 0 Å². The van der Waals surface area contributed by atoms with Gasteiger partial charge in [-0.15, -0.1) is 0 Å². The predicted molar refractivity (Wildman–Crippen MR) is 86.8 cm³/mol. The van der Waals surface area contributed by atoms with Crippen molar-refractivity contribution >= 4 is 24.2 Å². The van der Waals surface area contributed by atoms with E-state index in [0.717, 1.165) is 10.0 Å². The molecule has 0 saturated carbocycles. The predicted octanol–water partition coefficient (Wildman–Crippen LogP) is 5.03. The topological polar surface area (TPSA) is 29.5 Å². The molecular formula is C15H24BrFO2Si. The molecule has 0 aromatic heterocycles. The summed E-state index contributed by atoms with van der Waals surface area (Å²) in [5, 5.41) is 9.35. The SMILES string of the molecule is CC(C)(C)[Si](C)(C)OC(CCO)c1cc(F)ccc1Br. The van der Waals surface area contributed by atoms with Crippen molar-refractivity contribution in [2.45, 2.75) is 51.4 Å². The molecule has 1 rings (SSSR count). The summed E-state index contributed by atoms with van der Waals surface area (Å²) in [5.74, 6) is -0.287. The molecule has 0 aliphatic heterocycles. The van der Waals surface area contributed by atoms with Gasteiger partial charge in [-0.3, -0.25) is 0 Å². The lowest BCUT2D eigenvalue weighted by Crippen LogP contribution is -2.42. The van der Waals surface area contributed by atoms with E-state index in [1.54, 1.807) is 6.07 Å². The van der Waals surface area contributed by atoms with Gasteiger partial charge in [-0.2, -0.15) is 0 Å². The van der Waals surface area contributed by atoms with Crippen LogP contribution in [0, 0.1) is 5.82 Å². The van der Waals surface area contributed by atoms with Crippen LogP contribution in [0.3, 0.4) is 0 Å². The summed E-state index contributed by atoms with van der Waals surface area (Å²) >= 11 is 3.45. The van der Waals surface area contributed by atoms with Crippen LogP contribution in [-0.2, 0) is 4.43 Å². The highest BCUT2D eigenvalue weighted by atomic mass is 79.9. The van der Waals surface area contributed by atoms with Crippen molar-refractivity contribution in [2.24, 2.45) is 0 Å². The Labute approximate surface area is 130 Å². The van der Waals surface area contributed by atoms with Crippen molar-refractivity contribution < 1.29 is 13.9 Å². The van der Waals surface area contributed by atoms with Crippen LogP contribution in [0.4, 0.5) is 4.39 Å². The molecule has 5 heteroatoms. The average molecular weight is 363 g/mol. The number of aliphatic hydroxyl groups excluding tert-OH is 1. The molecule has 1 N–H and O–H groups in total. The zero-order valence-corrected chi connectivity index (χ0v) is 15.4. The van der Waals surface area contributed by atoms with Crippen LogP contribution in [0.5, 0.6) is 0 Å². The maximum atomic E-state index is 13.5. The summed E-state index contributed by atoms with van der Waals surface area (Å²) < 4.78 is 20.6. The minimum atomic E-state index is -1.98. The van der Waals surface area contributed by atoms with E-state index >= 15 is 0 Å². The van der Waals surface area contributed by atoms with E-state index in [9.17, 15) is 9.50 Å². The Balaban J connectivity index is 3.09. The number of hydrogen-bond donors (Lipinski definition) is 1. The van der Waals surface area contributed by atoms with Gasteiger partial charge >= 0.3 is 0 Å². The lowest BCUT2D eigenvalue weighted by atomic mass is 10.1. The maximum Gasteiger partial charge on any atom is 0.192 e. The van der Waals surface area contributed by atoms with Gasteiger partial charge in [-0.25, -0.2) is 4.39 Å². The van der Waals surface area contributed by atoms with Crippen LogP contribution in [-0.4, -0.2) is 20.0 Å². The van der Waals surface area contributed by atoms with Gasteiger partial charge in [0.25, 0.3) is 0 Å². The lowest BCUT2D eigenvalue weighted by Gasteiger charge is -2.39. The second-order valence-corrected chi connectivity index (χ2v) is 12.2. The van der Waals surface area contributed by atoms with E-state index < -0.39 is 8.32 Å². The van der Waals surface area contributed by atoms with E-state index in [4.69, 9.17) is 4.43 Å². The molecule has 0 amide bonds. The minimum absolute atomic E-state index is 0.0161. The van der Waals surface area contributed by atoms with Crippen LogP contribution in [0.2, 0.25) is 18.1 Å². The molecule has 1 aromatic rings. The standard InChI is InChI=1S/C15H24BrFO2Si/c1-15(2,3)20(4,5)19-14(8-9-18)12-10-11(17)6-7-13(12)16/h6-7,10,14,18H,8-9H2,1-5H3. The van der Waals surface area contributed by atoms with Crippen LogP contribution in [0.25, 0.3) is 0 Å². The van der Waals surface area contributed by atoms with E-state index in [1.807, 2.05) is 0 Å². The molecule has 0 aliphatic carbocycles. The zero-order chi connectivity index (χ0) is 15.6. The van der Waals surface area contributed by atoms with Crippen molar-refractivity contribution in [2.75, 3.05) is 6.61 Å². The fourth-order valence-corrected chi connectivity index (χ4v) is 3.50. The van der Waals surface area contributed by atoms with Gasteiger partial charge in [-0.1, -0.05) is 36.7 Å². The van der Waals surface area contributed by atoms with E-state index in [2.05, 4.69) is 49.8 Å². The maximum absolute atomic E-state index is 13.5. The minimum Gasteiger partial charge on any atom is -0.410 e. The van der Waals surface area contributed by atoms with Crippen LogP contribution < -0.4 is 0 Å². The number of rotatable bonds is 5. The van der Waals surface area contributed by atoms with Gasteiger partial charge in [0.2, 0.25) is 0 Å². The van der Waals surface area contributed by atoms with Gasteiger partial charge in [0, 0.05) is 11.1 Å². The third-order valence-electron chi connectivity index (χ3n) is 3.94. The van der Waals surface area contributed by atoms with Gasteiger partial charge in [0.05, 0.1) is 6.10 Å². The largest absolute Gasteiger partial charge is 0.410 e. The molecular weight excluding hydrogens is 339 g/mol. The first-order valence-electron chi connectivity index (χ1n) is 6.82. The summed E-state index contributed by atoms with van der Waals surface area (Å²) in [7, 11) is -1.98. The second-order valence-electron chi connectivity index (χ2n) is 6.54. The number of benzene rings is 1. The van der Waals surface area contributed by atoms with Crippen LogP contribution in [0.15, 0.2) is 22.7 Å². The monoisotopic (exact) mass is 362 g/mol. The van der Waals surface area contributed by atoms with Gasteiger partial charge in [0.15, 0.2) is 8.32 Å². The van der Waals surface area contributed by atoms with Gasteiger partial charge in [-0.05, 0) is 48.3 Å². The Morgan fingerprint density at radius 3 is 2.45 bits per heavy atom. The molecule has 0 fully saturated rings. The first-order chi connectivity index (χ1) is 9.08. The van der Waals surface area contributed by atoms with Crippen molar-refractivity contribution in [3.05, 3.63) is 34.1 Å². The van der Waals surface area contributed by atoms with Crippen molar-refractivity contribution in [1.29, 1.82) is 0 Å². The number of aliphatic hydroxyl groups is 1. The first-order valence-corrected chi connectivity index (χ1v) is 10.5. The highest BCUT2D eigenvalue weighted by molar-refractivity contribution is 9.10. The van der Waals surface area contributed by atoms with Gasteiger partial charge < -0.3 is 9.53 Å². The first kappa shape index (κ1) is 17.8. The van der Waals surface area contributed by atoms with E-state index in [-0.39, 0.29) is 23.6 Å². The third-order valence-corrected chi connectivity index (χ3v) is 9.15. The van der Waals surface area contributed by atoms with Crippen molar-refractivity contribution in [3.63, 3.8) is 0 Å². The molecule has 0 heterocycles. The normalized spacial score (nSPS) is 14.4. The summed E-state index contributed by atoms with van der Waals surface area (Å²) in [6, 6.07) is 4.58. The fourth-order valence-electron chi connectivity index (χ4n) is 1.69. The Hall–Kier alpha value is -0.233. The molecule has 20 heavy (non-hydrogen) atoms. The molecule has 0 radical (unpaired) electrons. The summed E-state index contributed by atoms with van der Waals surface area (Å²) in [6.45, 7) is 10.8. The summed E-state index contributed by atoms with van der Waals surface area (Å²) in [4.78, 5) is 0. The van der Waals surface area contributed by atoms with Gasteiger partial charge in [0.1, 0.15) is 5.82 Å². The Bertz CT molecular complexity index is 458. The highest BCUT2D eigenvalue weighted by Gasteiger charge is 2.39. The Morgan fingerprint density at radius 1 is 1.35 bits per heavy atom. The Morgan fingerprint density at radius 2 is 1.95 bits per heavy atom. The second kappa shape index (κ2) is 6.69. The summed E-state index contributed by atoms with van der Waals surface area (Å²) in [5.41, 5.74) is 0.767. The number of hydrogen-bond acceptors (Lipinski definition) is 2. The fraction of sp³-hybridized carbons (Fsp3) is 0.600. The quantitative estimate of drug-likeness (QED) is 0.743. The van der Waals surface area contributed by atoms with Crippen molar-refractivity contribution in [1.82, 2.24) is 0 Å². The molecule has 114 valence electrons. The number of halogens is 2. The van der Waals surface area contributed by atoms with Crippen LogP contribution in [0.1, 0.15) is 38.9 Å². The van der Waals surface area contributed by atoms with E-state index in [1.165, 1.54) is 12.1 Å². The molecule has 1 atom stereocenters. The zero-order valence-electron chi connectivity index (χ0n) is 12.8. The summed E-state index contributed by atoms with van der Waals surface area (Å²) in [6.07, 6.45) is 0.181. The van der Waals surface area contributed by atoms with E-state index in [0.29, 0.717) is 6.42 Å². The average Bonchev–Trinajstić information content (AvgIpc) is 2.30. The molecule has 1 unspecified atom stereocenters. The molecule has 0 aliphatic rings. The molecule has 0 bridgehead atoms. The molecule has 0 spiro atoms. The lowest BCUT2D eigenvalue weighted by molar-refractivity contribution is 0.140. The smallest absolute Gasteiger partial charge is 0.192 e. The molecule has 0 saturated heterocycles.